The lowest BCUT2D eigenvalue weighted by atomic mass is 9.94. The molecule has 5 aromatic rings. The summed E-state index contributed by atoms with van der Waals surface area (Å²) >= 11 is 7.81. The predicted molar refractivity (Wildman–Crippen MR) is 188 cm³/mol. The van der Waals surface area contributed by atoms with E-state index in [-0.39, 0.29) is 34.8 Å². The van der Waals surface area contributed by atoms with Crippen molar-refractivity contribution in [3.05, 3.63) is 93.2 Å². The van der Waals surface area contributed by atoms with Crippen molar-refractivity contribution >= 4 is 41.1 Å². The molecule has 1 aromatic carbocycles. The van der Waals surface area contributed by atoms with Crippen LogP contribution < -0.4 is 10.0 Å². The minimum atomic E-state index is -3.45. The van der Waals surface area contributed by atoms with Gasteiger partial charge in [0.15, 0.2) is 5.65 Å². The molecule has 1 amide bonds. The van der Waals surface area contributed by atoms with Gasteiger partial charge in [-0.25, -0.2) is 26.9 Å². The van der Waals surface area contributed by atoms with Gasteiger partial charge in [-0.15, -0.1) is 10.2 Å². The number of hydrogen-bond donors (Lipinski definition) is 2. The van der Waals surface area contributed by atoms with E-state index in [4.69, 9.17) is 16.6 Å². The van der Waals surface area contributed by atoms with Gasteiger partial charge in [-0.2, -0.15) is 13.9 Å². The number of anilines is 1. The van der Waals surface area contributed by atoms with Crippen molar-refractivity contribution in [2.75, 3.05) is 11.0 Å². The highest BCUT2D eigenvalue weighted by Gasteiger charge is 2.67. The molecule has 0 aliphatic heterocycles. The predicted octanol–water partition coefficient (Wildman–Crippen LogP) is 8.25. The number of carbonyl (C=O) groups excluding carboxylic acids is 1. The van der Waals surface area contributed by atoms with E-state index in [1.54, 1.807) is 34.9 Å². The van der Waals surface area contributed by atoms with Gasteiger partial charge in [0.25, 0.3) is 12.3 Å². The fourth-order valence-corrected chi connectivity index (χ4v) is 7.29. The summed E-state index contributed by atoms with van der Waals surface area (Å²) in [7, 11) is 0. The highest BCUT2D eigenvalue weighted by atomic mass is 35.5. The molecule has 4 aromatic heterocycles. The number of fused-ring (bicyclic) bond motifs is 4. The summed E-state index contributed by atoms with van der Waals surface area (Å²) in [5.41, 5.74) is -0.307. The van der Waals surface area contributed by atoms with Gasteiger partial charge in [-0.3, -0.25) is 14.2 Å². The third-order valence-electron chi connectivity index (χ3n) is 8.97. The minimum Gasteiger partial charge on any atom is -0.346 e. The van der Waals surface area contributed by atoms with Crippen LogP contribution >= 0.6 is 23.5 Å². The van der Waals surface area contributed by atoms with E-state index in [0.717, 1.165) is 12.1 Å². The van der Waals surface area contributed by atoms with Crippen LogP contribution in [0, 0.1) is 34.8 Å². The molecular weight excluding hydrogens is 742 g/mol. The van der Waals surface area contributed by atoms with E-state index in [1.807, 2.05) is 20.8 Å². The van der Waals surface area contributed by atoms with Crippen molar-refractivity contribution in [1.29, 1.82) is 0 Å². The van der Waals surface area contributed by atoms with Crippen LogP contribution in [0.3, 0.4) is 0 Å². The average molecular weight is 773 g/mol. The Morgan fingerprint density at radius 3 is 2.47 bits per heavy atom. The van der Waals surface area contributed by atoms with Crippen LogP contribution in [0.15, 0.2) is 42.5 Å². The second kappa shape index (κ2) is 13.6. The van der Waals surface area contributed by atoms with E-state index >= 15 is 8.78 Å². The molecule has 0 bridgehead atoms. The molecule has 3 atom stereocenters. The third-order valence-corrected chi connectivity index (χ3v) is 9.65. The van der Waals surface area contributed by atoms with Crippen molar-refractivity contribution in [1.82, 2.24) is 34.7 Å². The average Bonchev–Trinajstić information content (AvgIpc) is 3.53. The first-order chi connectivity index (χ1) is 25.0. The lowest BCUT2D eigenvalue weighted by molar-refractivity contribution is -0.123. The van der Waals surface area contributed by atoms with Gasteiger partial charge >= 0.3 is 0 Å². The van der Waals surface area contributed by atoms with E-state index in [9.17, 15) is 22.4 Å². The number of alkyl halides is 4. The van der Waals surface area contributed by atoms with Crippen molar-refractivity contribution in [3.8, 4) is 23.0 Å². The third kappa shape index (κ3) is 7.04. The Labute approximate surface area is 309 Å². The van der Waals surface area contributed by atoms with Crippen LogP contribution in [0.25, 0.3) is 16.8 Å². The quantitative estimate of drug-likeness (QED) is 0.0638. The van der Waals surface area contributed by atoms with Gasteiger partial charge in [-0.05, 0) is 87.4 Å². The summed E-state index contributed by atoms with van der Waals surface area (Å²) < 4.78 is 92.8. The zero-order chi connectivity index (χ0) is 38.0. The molecule has 1 saturated carbocycles. The molecule has 9 nitrogen and oxygen atoms in total. The standard InChI is InChI=1S/C36H31ClF6N8OS/c1-35(2,3)10-9-20-5-6-21(22-7-8-26(37)51-33(22)46-47-34(51)49-53-4)29(44-20)25(13-17-11-18(38)14-19(39)12-17)45-27(52)16-50-31-28(30(48-50)32(40)41)23-15-24(23)36(31,42)43/h5-8,11-12,14,23-25,32H,13,15-16H2,1-4H3,(H,45,52)(H,47,49)/t23-,24+,25-/m0/s1. The van der Waals surface area contributed by atoms with E-state index in [2.05, 4.69) is 37.2 Å². The van der Waals surface area contributed by atoms with Crippen molar-refractivity contribution < 1.29 is 31.1 Å². The van der Waals surface area contributed by atoms with Crippen LogP contribution in [0.2, 0.25) is 5.15 Å². The minimum absolute atomic E-state index is 0.0611. The summed E-state index contributed by atoms with van der Waals surface area (Å²) in [6.07, 6.45) is -1.50. The van der Waals surface area contributed by atoms with Gasteiger partial charge in [0, 0.05) is 40.3 Å². The molecule has 1 fully saturated rings. The Bertz CT molecular complexity index is 2310. The molecule has 0 unspecified atom stereocenters. The van der Waals surface area contributed by atoms with E-state index in [0.29, 0.717) is 39.2 Å². The van der Waals surface area contributed by atoms with Gasteiger partial charge in [0.1, 0.15) is 40.4 Å². The van der Waals surface area contributed by atoms with Gasteiger partial charge in [0.05, 0.1) is 11.7 Å². The molecule has 0 radical (unpaired) electrons. The van der Waals surface area contributed by atoms with Crippen molar-refractivity contribution in [3.63, 3.8) is 0 Å². The first kappa shape index (κ1) is 36.6. The molecule has 0 spiro atoms. The Morgan fingerprint density at radius 2 is 1.79 bits per heavy atom. The summed E-state index contributed by atoms with van der Waals surface area (Å²) in [5.74, 6) is -1.48. The number of amides is 1. The lowest BCUT2D eigenvalue weighted by Gasteiger charge is -2.23. The Morgan fingerprint density at radius 1 is 1.08 bits per heavy atom. The number of pyridine rings is 2. The number of nitrogens with zero attached hydrogens (tertiary/aromatic N) is 6. The molecule has 2 aliphatic rings. The lowest BCUT2D eigenvalue weighted by Crippen LogP contribution is -2.35. The van der Waals surface area contributed by atoms with Gasteiger partial charge in [0.2, 0.25) is 11.9 Å². The molecule has 53 heavy (non-hydrogen) atoms. The zero-order valence-corrected chi connectivity index (χ0v) is 30.2. The first-order valence-corrected chi connectivity index (χ1v) is 18.0. The monoisotopic (exact) mass is 772 g/mol. The Hall–Kier alpha value is -4.75. The number of nitrogens with one attached hydrogen (secondary N) is 2. The summed E-state index contributed by atoms with van der Waals surface area (Å²) in [4.78, 5) is 18.7. The summed E-state index contributed by atoms with van der Waals surface area (Å²) in [6.45, 7) is 4.89. The van der Waals surface area contributed by atoms with E-state index < -0.39 is 71.1 Å². The van der Waals surface area contributed by atoms with Crippen LogP contribution in [0.5, 0.6) is 0 Å². The topological polar surface area (TPSA) is 102 Å². The maximum absolute atomic E-state index is 15.3. The number of hydrogen-bond acceptors (Lipinski definition) is 7. The highest BCUT2D eigenvalue weighted by Crippen LogP contribution is 2.68. The van der Waals surface area contributed by atoms with Gasteiger partial charge in [-0.1, -0.05) is 29.5 Å². The van der Waals surface area contributed by atoms with Crippen LogP contribution in [-0.2, 0) is 23.7 Å². The summed E-state index contributed by atoms with van der Waals surface area (Å²) in [6, 6.07) is 8.33. The van der Waals surface area contributed by atoms with Crippen molar-refractivity contribution in [2.24, 2.45) is 11.3 Å². The number of rotatable bonds is 10. The molecule has 2 N–H and O–H groups in total. The smallest absolute Gasteiger partial charge is 0.293 e. The highest BCUT2D eigenvalue weighted by molar-refractivity contribution is 7.99. The van der Waals surface area contributed by atoms with Crippen LogP contribution in [0.1, 0.15) is 79.5 Å². The van der Waals surface area contributed by atoms with Crippen molar-refractivity contribution in [2.45, 2.75) is 64.5 Å². The molecule has 0 saturated heterocycles. The second-order valence-corrected chi connectivity index (χ2v) is 15.0. The molecule has 4 heterocycles. The molecule has 7 rings (SSSR count). The maximum Gasteiger partial charge on any atom is 0.293 e. The molecular formula is C36H31ClF6N8OS. The molecule has 17 heteroatoms. The Kier molecular flexibility index (Phi) is 9.38. The SMILES string of the molecule is CSNc1nnc2c(-c3ccc(C#CC(C)(C)C)nc3[C@H](Cc3cc(F)cc(F)c3)NC(=O)Cn3nc(C(F)F)c4c3C(F)(F)[C@@H]3C[C@H]43)ccc(Cl)n12. The van der Waals surface area contributed by atoms with Crippen LogP contribution in [0.4, 0.5) is 32.3 Å². The summed E-state index contributed by atoms with van der Waals surface area (Å²) in [5, 5.41) is 15.3. The normalized spacial score (nSPS) is 17.7. The number of benzene rings is 1. The molecule has 2 aliphatic carbocycles. The first-order valence-electron chi connectivity index (χ1n) is 16.4. The zero-order valence-electron chi connectivity index (χ0n) is 28.6. The fourth-order valence-electron chi connectivity index (χ4n) is 6.75. The maximum atomic E-state index is 15.3. The van der Waals surface area contributed by atoms with E-state index in [1.165, 1.54) is 11.9 Å². The largest absolute Gasteiger partial charge is 0.346 e. The number of aromatic nitrogens is 6. The number of carbonyl (C=O) groups is 1. The van der Waals surface area contributed by atoms with Gasteiger partial charge < -0.3 is 5.32 Å². The molecule has 276 valence electrons. The Balaban J connectivity index is 1.36. The van der Waals surface area contributed by atoms with Crippen LogP contribution in [-0.4, -0.2) is 41.5 Å². The number of halogens is 7. The second-order valence-electron chi connectivity index (χ2n) is 14.0. The fraction of sp³-hybridized carbons (Fsp3) is 0.361.